The van der Waals surface area contributed by atoms with Crippen LogP contribution in [-0.2, 0) is 9.59 Å². The fourth-order valence-corrected chi connectivity index (χ4v) is 1.23. The molecule has 0 aliphatic carbocycles. The highest BCUT2D eigenvalue weighted by molar-refractivity contribution is 8.17. The molecule has 4 heteroatoms. The maximum Gasteiger partial charge on any atom is 0.198 e. The number of carbonyl (C=O) groups excluding carboxylic acids is 2. The molecule has 0 radical (unpaired) electrons. The average molecular weight is 252 g/mol. The molecule has 0 rings (SSSR count). The van der Waals surface area contributed by atoms with Crippen molar-refractivity contribution in [2.24, 2.45) is 0 Å². The lowest BCUT2D eigenvalue weighted by atomic mass is 10.2. The van der Waals surface area contributed by atoms with Crippen LogP contribution in [0.4, 0.5) is 0 Å². The Morgan fingerprint density at radius 3 is 1.31 bits per heavy atom. The van der Waals surface area contributed by atoms with Gasteiger partial charge >= 0.3 is 0 Å². The standard InChI is InChI=1S/C12H12O2S2/c1-9(5-7-15-11(3)13)10(2)6-8-16-12(4)14/h1-4H3/b10-9+. The van der Waals surface area contributed by atoms with Crippen LogP contribution in [0.1, 0.15) is 27.7 Å². The van der Waals surface area contributed by atoms with Gasteiger partial charge in [-0.25, -0.2) is 0 Å². The number of carbonyl (C=O) groups is 2. The molecule has 0 heterocycles. The van der Waals surface area contributed by atoms with Crippen molar-refractivity contribution < 1.29 is 9.59 Å². The lowest BCUT2D eigenvalue weighted by Crippen LogP contribution is -1.79. The Morgan fingerprint density at radius 2 is 1.06 bits per heavy atom. The van der Waals surface area contributed by atoms with E-state index in [1.807, 2.05) is 13.8 Å². The van der Waals surface area contributed by atoms with E-state index >= 15 is 0 Å². The van der Waals surface area contributed by atoms with Crippen molar-refractivity contribution in [1.82, 2.24) is 0 Å². The van der Waals surface area contributed by atoms with E-state index in [1.54, 1.807) is 0 Å². The monoisotopic (exact) mass is 252 g/mol. The summed E-state index contributed by atoms with van der Waals surface area (Å²) >= 11 is 1.93. The Bertz CT molecular complexity index is 397. The molecule has 0 saturated heterocycles. The van der Waals surface area contributed by atoms with E-state index in [-0.39, 0.29) is 10.2 Å². The van der Waals surface area contributed by atoms with Crippen LogP contribution in [0.25, 0.3) is 0 Å². The molecule has 0 aromatic carbocycles. The molecule has 0 aromatic rings. The zero-order chi connectivity index (χ0) is 12.6. The molecule has 0 aliphatic heterocycles. The fourth-order valence-electron chi connectivity index (χ4n) is 0.535. The van der Waals surface area contributed by atoms with Gasteiger partial charge in [-0.3, -0.25) is 9.59 Å². The topological polar surface area (TPSA) is 34.1 Å². The van der Waals surface area contributed by atoms with E-state index in [1.165, 1.54) is 13.8 Å². The fraction of sp³-hybridized carbons (Fsp3) is 0.333. The maximum absolute atomic E-state index is 10.6. The Hall–Kier alpha value is -1.10. The van der Waals surface area contributed by atoms with Crippen molar-refractivity contribution in [2.75, 3.05) is 0 Å². The predicted octanol–water partition coefficient (Wildman–Crippen LogP) is 2.80. The van der Waals surface area contributed by atoms with Gasteiger partial charge in [0.2, 0.25) is 0 Å². The van der Waals surface area contributed by atoms with Gasteiger partial charge in [0, 0.05) is 48.5 Å². The zero-order valence-electron chi connectivity index (χ0n) is 9.63. The molecule has 0 amide bonds. The van der Waals surface area contributed by atoms with Crippen molar-refractivity contribution in [3.05, 3.63) is 11.1 Å². The molecule has 0 atom stereocenters. The second-order valence-corrected chi connectivity index (χ2v) is 4.86. The summed E-state index contributed by atoms with van der Waals surface area (Å²) in [6.07, 6.45) is 0. The van der Waals surface area contributed by atoms with Crippen LogP contribution in [0.5, 0.6) is 0 Å². The van der Waals surface area contributed by atoms with E-state index in [4.69, 9.17) is 0 Å². The average Bonchev–Trinajstić information content (AvgIpc) is 2.16. The molecule has 0 N–H and O–H groups in total. The first-order valence-corrected chi connectivity index (χ1v) is 6.11. The predicted molar refractivity (Wildman–Crippen MR) is 70.5 cm³/mol. The smallest absolute Gasteiger partial charge is 0.198 e. The quantitative estimate of drug-likeness (QED) is 0.621. The normalized spacial score (nSPS) is 10.2. The van der Waals surface area contributed by atoms with Gasteiger partial charge in [-0.05, 0) is 24.4 Å². The zero-order valence-corrected chi connectivity index (χ0v) is 11.3. The molecule has 0 bridgehead atoms. The molecule has 0 aliphatic rings. The van der Waals surface area contributed by atoms with Crippen molar-refractivity contribution in [2.45, 2.75) is 27.7 Å². The van der Waals surface area contributed by atoms with E-state index in [0.29, 0.717) is 0 Å². The number of rotatable bonds is 0. The summed E-state index contributed by atoms with van der Waals surface area (Å²) < 4.78 is 0. The molecular formula is C12H12O2S2. The summed E-state index contributed by atoms with van der Waals surface area (Å²) in [5.41, 5.74) is 1.62. The number of hydrogen-bond acceptors (Lipinski definition) is 4. The van der Waals surface area contributed by atoms with E-state index in [2.05, 4.69) is 22.3 Å². The number of hydrogen-bond donors (Lipinski definition) is 0. The van der Waals surface area contributed by atoms with Crippen LogP contribution in [0.2, 0.25) is 0 Å². The third-order valence-electron chi connectivity index (χ3n) is 1.43. The summed E-state index contributed by atoms with van der Waals surface area (Å²) in [6.45, 7) is 6.59. The van der Waals surface area contributed by atoms with Crippen LogP contribution in [0, 0.1) is 22.3 Å². The van der Waals surface area contributed by atoms with E-state index in [0.717, 1.165) is 34.7 Å². The molecule has 2 nitrogen and oxygen atoms in total. The summed E-state index contributed by atoms with van der Waals surface area (Å²) in [7, 11) is 0. The van der Waals surface area contributed by atoms with Crippen LogP contribution < -0.4 is 0 Å². The van der Waals surface area contributed by atoms with Crippen molar-refractivity contribution in [3.8, 4) is 22.3 Å². The molecule has 0 fully saturated rings. The minimum atomic E-state index is -0.0313. The second-order valence-electron chi connectivity index (χ2n) is 2.89. The Kier molecular flexibility index (Phi) is 7.54. The van der Waals surface area contributed by atoms with Gasteiger partial charge in [-0.15, -0.1) is 0 Å². The highest BCUT2D eigenvalue weighted by Gasteiger charge is 1.91. The van der Waals surface area contributed by atoms with Gasteiger partial charge in [-0.1, -0.05) is 11.8 Å². The maximum atomic E-state index is 10.6. The molecule has 0 saturated carbocycles. The third kappa shape index (κ3) is 8.23. The van der Waals surface area contributed by atoms with Crippen LogP contribution in [-0.4, -0.2) is 10.2 Å². The Balaban J connectivity index is 4.54. The minimum absolute atomic E-state index is 0.0313. The third-order valence-corrected chi connectivity index (χ3v) is 2.41. The molecule has 16 heavy (non-hydrogen) atoms. The number of allylic oxidation sites excluding steroid dienone is 2. The molecular weight excluding hydrogens is 240 g/mol. The Morgan fingerprint density at radius 1 is 0.750 bits per heavy atom. The second kappa shape index (κ2) is 8.10. The van der Waals surface area contributed by atoms with Crippen LogP contribution >= 0.6 is 23.5 Å². The Labute approximate surface area is 105 Å². The van der Waals surface area contributed by atoms with Gasteiger partial charge in [0.15, 0.2) is 10.2 Å². The SMILES string of the molecule is CC(=O)SC#C/C(C)=C(\C)C#CSC(C)=O. The van der Waals surface area contributed by atoms with Crippen LogP contribution in [0.15, 0.2) is 11.1 Å². The molecule has 0 spiro atoms. The number of thioether (sulfide) groups is 2. The summed E-state index contributed by atoms with van der Waals surface area (Å²) in [6, 6.07) is 0. The first kappa shape index (κ1) is 14.9. The molecule has 84 valence electrons. The lowest BCUT2D eigenvalue weighted by molar-refractivity contribution is -0.109. The highest BCUT2D eigenvalue weighted by atomic mass is 32.2. The van der Waals surface area contributed by atoms with Gasteiger partial charge in [0.1, 0.15) is 0 Å². The van der Waals surface area contributed by atoms with Crippen molar-refractivity contribution in [3.63, 3.8) is 0 Å². The first-order chi connectivity index (χ1) is 7.43. The van der Waals surface area contributed by atoms with Crippen molar-refractivity contribution >= 4 is 33.8 Å². The van der Waals surface area contributed by atoms with Gasteiger partial charge in [0.25, 0.3) is 0 Å². The highest BCUT2D eigenvalue weighted by Crippen LogP contribution is 2.05. The summed E-state index contributed by atoms with van der Waals surface area (Å²) in [5.74, 6) is 5.65. The van der Waals surface area contributed by atoms with Crippen LogP contribution in [0.3, 0.4) is 0 Å². The largest absolute Gasteiger partial charge is 0.287 e. The summed E-state index contributed by atoms with van der Waals surface area (Å²) in [4.78, 5) is 21.2. The minimum Gasteiger partial charge on any atom is -0.287 e. The van der Waals surface area contributed by atoms with E-state index in [9.17, 15) is 9.59 Å². The van der Waals surface area contributed by atoms with E-state index < -0.39 is 0 Å². The molecule has 0 unspecified atom stereocenters. The van der Waals surface area contributed by atoms with Crippen molar-refractivity contribution in [1.29, 1.82) is 0 Å². The molecule has 0 aromatic heterocycles. The summed E-state index contributed by atoms with van der Waals surface area (Å²) in [5, 5.41) is 5.30. The first-order valence-electron chi connectivity index (χ1n) is 4.47. The van der Waals surface area contributed by atoms with Gasteiger partial charge in [-0.2, -0.15) is 0 Å². The van der Waals surface area contributed by atoms with Gasteiger partial charge in [0.05, 0.1) is 0 Å². The lowest BCUT2D eigenvalue weighted by Gasteiger charge is -1.90. The van der Waals surface area contributed by atoms with Gasteiger partial charge < -0.3 is 0 Å².